The average Bonchev–Trinajstić information content (AvgIpc) is 3.06. The van der Waals surface area contributed by atoms with Gasteiger partial charge in [-0.1, -0.05) is 17.3 Å². The van der Waals surface area contributed by atoms with E-state index in [0.29, 0.717) is 12.4 Å². The Labute approximate surface area is 191 Å². The summed E-state index contributed by atoms with van der Waals surface area (Å²) < 4.78 is 13.3. The highest BCUT2D eigenvalue weighted by Crippen LogP contribution is 2.33. The minimum atomic E-state index is -0.566. The summed E-state index contributed by atoms with van der Waals surface area (Å²) in [5, 5.41) is 8.63. The first-order chi connectivity index (χ1) is 15.6. The zero-order valence-corrected chi connectivity index (χ0v) is 19.1. The van der Waals surface area contributed by atoms with Crippen molar-refractivity contribution in [1.29, 1.82) is 0 Å². The van der Waals surface area contributed by atoms with Crippen molar-refractivity contribution in [2.45, 2.75) is 25.9 Å². The first-order valence-electron chi connectivity index (χ1n) is 10.7. The number of nitrogens with two attached hydrogens (primary N) is 1. The number of nitrogens with zero attached hydrogens (tertiary/aromatic N) is 5. The summed E-state index contributed by atoms with van der Waals surface area (Å²) in [5.74, 6) is 1.54. The average molecular weight is 457 g/mol. The van der Waals surface area contributed by atoms with Crippen molar-refractivity contribution in [3.63, 3.8) is 0 Å². The van der Waals surface area contributed by atoms with E-state index in [4.69, 9.17) is 19.6 Å². The second-order valence-corrected chi connectivity index (χ2v) is 8.79. The van der Waals surface area contributed by atoms with E-state index in [9.17, 15) is 4.91 Å². The number of rotatable bonds is 8. The highest BCUT2D eigenvalue weighted by atomic mass is 32.2. The quantitative estimate of drug-likeness (QED) is 0.404. The molecule has 0 unspecified atom stereocenters. The number of hydrogen-bond donors (Lipinski definition) is 1. The standard InChI is InChI=1S/C22H28N6O3S/c1-15(2)28-22-19(13-24-28)21(27-6-8-31-32-9-7-27)11-20(25-22)16-4-3-5-18(10-16)30-14-17(12-23)26-29/h3-5,10-11,13,15,17H,6-9,12,14,23H2,1-2H3/t17-/m0/s1. The van der Waals surface area contributed by atoms with E-state index in [2.05, 4.69) is 35.1 Å². The van der Waals surface area contributed by atoms with Crippen molar-refractivity contribution < 1.29 is 8.92 Å². The van der Waals surface area contributed by atoms with Crippen LogP contribution in [0.4, 0.5) is 5.69 Å². The highest BCUT2D eigenvalue weighted by molar-refractivity contribution is 7.94. The summed E-state index contributed by atoms with van der Waals surface area (Å²) in [4.78, 5) is 18.1. The van der Waals surface area contributed by atoms with Gasteiger partial charge < -0.3 is 19.6 Å². The number of benzene rings is 1. The van der Waals surface area contributed by atoms with E-state index in [1.807, 2.05) is 35.1 Å². The van der Waals surface area contributed by atoms with Crippen molar-refractivity contribution in [1.82, 2.24) is 14.8 Å². The molecule has 1 atom stereocenters. The van der Waals surface area contributed by atoms with Crippen LogP contribution in [0.25, 0.3) is 22.3 Å². The molecular weight excluding hydrogens is 428 g/mol. The maximum atomic E-state index is 10.8. The van der Waals surface area contributed by atoms with Crippen molar-refractivity contribution in [2.75, 3.05) is 43.5 Å². The molecule has 9 nitrogen and oxygen atoms in total. The molecule has 1 aromatic carbocycles. The van der Waals surface area contributed by atoms with Gasteiger partial charge in [-0.15, -0.1) is 0 Å². The number of nitroso groups, excluding NO2 is 1. The lowest BCUT2D eigenvalue weighted by Gasteiger charge is -2.23. The molecule has 1 aliphatic rings. The molecular formula is C22H28N6O3S. The molecule has 0 spiro atoms. The third-order valence-corrected chi connectivity index (χ3v) is 6.02. The maximum Gasteiger partial charge on any atom is 0.160 e. The normalized spacial score (nSPS) is 15.7. The molecule has 170 valence electrons. The lowest BCUT2D eigenvalue weighted by atomic mass is 10.1. The van der Waals surface area contributed by atoms with Crippen molar-refractivity contribution in [2.24, 2.45) is 10.9 Å². The highest BCUT2D eigenvalue weighted by Gasteiger charge is 2.20. The fraction of sp³-hybridized carbons (Fsp3) is 0.455. The van der Waals surface area contributed by atoms with Crippen LogP contribution < -0.4 is 15.4 Å². The van der Waals surface area contributed by atoms with Gasteiger partial charge in [0.25, 0.3) is 0 Å². The molecule has 0 bridgehead atoms. The van der Waals surface area contributed by atoms with Crippen LogP contribution in [0.15, 0.2) is 41.7 Å². The molecule has 0 amide bonds. The Morgan fingerprint density at radius 1 is 1.31 bits per heavy atom. The lowest BCUT2D eigenvalue weighted by Crippen LogP contribution is -2.27. The first kappa shape index (κ1) is 22.5. The van der Waals surface area contributed by atoms with Crippen LogP contribution in [0.5, 0.6) is 5.75 Å². The molecule has 4 rings (SSSR count). The number of ether oxygens (including phenoxy) is 1. The molecule has 3 aromatic rings. The van der Waals surface area contributed by atoms with Crippen LogP contribution in [0, 0.1) is 4.91 Å². The van der Waals surface area contributed by atoms with Crippen LogP contribution in [0.2, 0.25) is 0 Å². The number of hydrogen-bond acceptors (Lipinski definition) is 9. The summed E-state index contributed by atoms with van der Waals surface area (Å²) in [6, 6.07) is 9.42. The molecule has 10 heteroatoms. The van der Waals surface area contributed by atoms with Crippen LogP contribution in [0.3, 0.4) is 0 Å². The third kappa shape index (κ3) is 4.87. The molecule has 32 heavy (non-hydrogen) atoms. The molecule has 0 saturated carbocycles. The van der Waals surface area contributed by atoms with Gasteiger partial charge in [-0.2, -0.15) is 10.0 Å². The summed E-state index contributed by atoms with van der Waals surface area (Å²) >= 11 is 1.51. The van der Waals surface area contributed by atoms with Gasteiger partial charge in [0.2, 0.25) is 0 Å². The SMILES string of the molecule is CC(C)n1ncc2c(N3CCOSCC3)cc(-c3cccc(OC[C@H](CN)N=O)c3)nc21. The monoisotopic (exact) mass is 456 g/mol. The van der Waals surface area contributed by atoms with E-state index < -0.39 is 6.04 Å². The summed E-state index contributed by atoms with van der Waals surface area (Å²) in [7, 11) is 0. The van der Waals surface area contributed by atoms with Gasteiger partial charge in [-0.3, -0.25) is 0 Å². The fourth-order valence-electron chi connectivity index (χ4n) is 3.63. The number of fused-ring (bicyclic) bond motifs is 1. The summed E-state index contributed by atoms with van der Waals surface area (Å²) in [6.07, 6.45) is 1.90. The zero-order valence-electron chi connectivity index (χ0n) is 18.3. The molecule has 0 radical (unpaired) electrons. The minimum Gasteiger partial charge on any atom is -0.491 e. The fourth-order valence-corrected chi connectivity index (χ4v) is 4.24. The second kappa shape index (κ2) is 10.3. The molecule has 3 heterocycles. The molecule has 2 N–H and O–H groups in total. The molecule has 1 aliphatic heterocycles. The summed E-state index contributed by atoms with van der Waals surface area (Å²) in [5.41, 5.74) is 9.25. The van der Waals surface area contributed by atoms with Gasteiger partial charge in [0.05, 0.1) is 29.6 Å². The van der Waals surface area contributed by atoms with Gasteiger partial charge in [0.1, 0.15) is 18.4 Å². The Morgan fingerprint density at radius 3 is 2.97 bits per heavy atom. The Hall–Kier alpha value is -2.69. The Bertz CT molecular complexity index is 1070. The Balaban J connectivity index is 1.74. The van der Waals surface area contributed by atoms with Gasteiger partial charge in [0, 0.05) is 37.0 Å². The van der Waals surface area contributed by atoms with Crippen LogP contribution in [-0.4, -0.2) is 59.4 Å². The van der Waals surface area contributed by atoms with E-state index in [0.717, 1.165) is 46.8 Å². The lowest BCUT2D eigenvalue weighted by molar-refractivity contribution is 0.291. The number of aromatic nitrogens is 3. The minimum absolute atomic E-state index is 0.146. The van der Waals surface area contributed by atoms with Gasteiger partial charge in [-0.25, -0.2) is 9.67 Å². The van der Waals surface area contributed by atoms with Crippen molar-refractivity contribution >= 4 is 28.8 Å². The number of anilines is 1. The predicted octanol–water partition coefficient (Wildman–Crippen LogP) is 3.64. The van der Waals surface area contributed by atoms with Crippen LogP contribution in [0.1, 0.15) is 19.9 Å². The smallest absolute Gasteiger partial charge is 0.160 e. The second-order valence-electron chi connectivity index (χ2n) is 7.91. The first-order valence-corrected chi connectivity index (χ1v) is 11.6. The third-order valence-electron chi connectivity index (χ3n) is 5.34. The summed E-state index contributed by atoms with van der Waals surface area (Å²) in [6.45, 7) is 6.85. The predicted molar refractivity (Wildman–Crippen MR) is 128 cm³/mol. The van der Waals surface area contributed by atoms with Crippen molar-refractivity contribution in [3.8, 4) is 17.0 Å². The molecule has 0 aliphatic carbocycles. The largest absolute Gasteiger partial charge is 0.491 e. The molecule has 2 aromatic heterocycles. The Kier molecular flexibility index (Phi) is 7.23. The van der Waals surface area contributed by atoms with Crippen LogP contribution >= 0.6 is 12.0 Å². The van der Waals surface area contributed by atoms with Gasteiger partial charge in [-0.05, 0) is 44.1 Å². The zero-order chi connectivity index (χ0) is 22.5. The Morgan fingerprint density at radius 2 is 2.19 bits per heavy atom. The topological polar surface area (TPSA) is 108 Å². The molecule has 1 saturated heterocycles. The van der Waals surface area contributed by atoms with E-state index in [-0.39, 0.29) is 19.2 Å². The molecule has 1 fully saturated rings. The number of pyridine rings is 1. The van der Waals surface area contributed by atoms with E-state index in [1.165, 1.54) is 12.0 Å². The van der Waals surface area contributed by atoms with E-state index in [1.54, 1.807) is 0 Å². The van der Waals surface area contributed by atoms with Gasteiger partial charge >= 0.3 is 0 Å². The van der Waals surface area contributed by atoms with Crippen LogP contribution in [-0.2, 0) is 4.18 Å². The van der Waals surface area contributed by atoms with Crippen molar-refractivity contribution in [3.05, 3.63) is 41.4 Å². The van der Waals surface area contributed by atoms with Gasteiger partial charge in [0.15, 0.2) is 5.65 Å². The van der Waals surface area contributed by atoms with E-state index >= 15 is 0 Å². The maximum absolute atomic E-state index is 10.8.